The largest absolute Gasteiger partial charge is 2.00 e. The SMILES string of the molecule is [O-]B([O-])OP.[Zn+2]. The van der Waals surface area contributed by atoms with Gasteiger partial charge in [-0.15, -0.1) is 0 Å². The fourth-order valence-electron chi connectivity index (χ4n) is 0. The van der Waals surface area contributed by atoms with Crippen molar-refractivity contribution in [3.05, 3.63) is 0 Å². The van der Waals surface area contributed by atoms with Gasteiger partial charge in [0, 0.05) is 0 Å². The van der Waals surface area contributed by atoms with E-state index in [1.807, 2.05) is 0 Å². The third-order valence-electron chi connectivity index (χ3n) is 0.111. The second-order valence-electron chi connectivity index (χ2n) is 0.425. The summed E-state index contributed by atoms with van der Waals surface area (Å²) in [5.74, 6) is 0. The Morgan fingerprint density at radius 1 is 1.50 bits per heavy atom. The average Bonchev–Trinajstić information content (AvgIpc) is 1.38. The summed E-state index contributed by atoms with van der Waals surface area (Å²) in [4.78, 5) is 0. The van der Waals surface area contributed by atoms with E-state index in [9.17, 15) is 0 Å². The third kappa shape index (κ3) is 8.89. The second-order valence-corrected chi connectivity index (χ2v) is 0.697. The molecule has 0 aromatic heterocycles. The number of rotatable bonds is 1. The van der Waals surface area contributed by atoms with Crippen molar-refractivity contribution in [3.8, 4) is 0 Å². The Kier molecular flexibility index (Phi) is 10.1. The molecule has 6 heavy (non-hydrogen) atoms. The summed E-state index contributed by atoms with van der Waals surface area (Å²) >= 11 is 0. The molecule has 0 saturated carbocycles. The fourth-order valence-corrected chi connectivity index (χ4v) is 0. The van der Waals surface area contributed by atoms with Crippen LogP contribution < -0.4 is 10.0 Å². The maximum atomic E-state index is 9.10. The van der Waals surface area contributed by atoms with Crippen LogP contribution in [0.4, 0.5) is 0 Å². The van der Waals surface area contributed by atoms with Gasteiger partial charge in [-0.1, -0.05) is 0 Å². The van der Waals surface area contributed by atoms with Crippen LogP contribution in [0.15, 0.2) is 0 Å². The van der Waals surface area contributed by atoms with Gasteiger partial charge in [-0.3, -0.25) is 0 Å². The van der Waals surface area contributed by atoms with Gasteiger partial charge in [-0.05, 0) is 9.47 Å². The molecule has 0 saturated heterocycles. The monoisotopic (exact) mass is 156 g/mol. The van der Waals surface area contributed by atoms with Crippen LogP contribution in [0.1, 0.15) is 0 Å². The fraction of sp³-hybridized carbons (Fsp3) is 0. The molecule has 1 atom stereocenters. The van der Waals surface area contributed by atoms with Crippen molar-refractivity contribution in [2.75, 3.05) is 0 Å². The summed E-state index contributed by atoms with van der Waals surface area (Å²) in [5.41, 5.74) is 0. The molecule has 0 amide bonds. The summed E-state index contributed by atoms with van der Waals surface area (Å²) in [7, 11) is -0.583. The molecule has 0 aliphatic carbocycles. The van der Waals surface area contributed by atoms with Crippen molar-refractivity contribution < 1.29 is 34.0 Å². The Bertz CT molecular complexity index is 24.8. The molecule has 6 heteroatoms. The minimum Gasteiger partial charge on any atom is -0.870 e. The van der Waals surface area contributed by atoms with Crippen LogP contribution in [0.25, 0.3) is 0 Å². The van der Waals surface area contributed by atoms with Gasteiger partial charge in [0.1, 0.15) is 0 Å². The average molecular weight is 157 g/mol. The molecule has 0 aliphatic heterocycles. The Labute approximate surface area is 51.3 Å². The second kappa shape index (κ2) is 6.00. The zero-order valence-corrected chi connectivity index (χ0v) is 7.21. The van der Waals surface area contributed by atoms with E-state index in [1.54, 1.807) is 9.47 Å². The molecule has 0 bridgehead atoms. The normalized spacial score (nSPS) is 6.50. The van der Waals surface area contributed by atoms with Crippen LogP contribution in [0, 0.1) is 0 Å². The van der Waals surface area contributed by atoms with Gasteiger partial charge in [0.25, 0.3) is 0 Å². The molecule has 0 N–H and O–H groups in total. The maximum Gasteiger partial charge on any atom is 2.00 e. The summed E-state index contributed by atoms with van der Waals surface area (Å²) in [6.07, 6.45) is 0. The molecule has 0 aromatic rings. The summed E-state index contributed by atoms with van der Waals surface area (Å²) < 4.78 is 3.56. The first-order valence-corrected chi connectivity index (χ1v) is 1.41. The van der Waals surface area contributed by atoms with Crippen LogP contribution in [0.2, 0.25) is 0 Å². The zero-order chi connectivity index (χ0) is 4.28. The summed E-state index contributed by atoms with van der Waals surface area (Å²) in [5, 5.41) is 18.2. The Hall–Kier alpha value is 0.998. The van der Waals surface area contributed by atoms with Crippen LogP contribution >= 0.6 is 9.47 Å². The van der Waals surface area contributed by atoms with Gasteiger partial charge in [-0.25, -0.2) is 0 Å². The van der Waals surface area contributed by atoms with Crippen LogP contribution in [-0.4, -0.2) is 7.32 Å². The topological polar surface area (TPSA) is 55.3 Å². The van der Waals surface area contributed by atoms with E-state index in [1.165, 1.54) is 0 Å². The maximum absolute atomic E-state index is 9.10. The number of hydrogen-bond donors (Lipinski definition) is 0. The van der Waals surface area contributed by atoms with Gasteiger partial charge in [0.2, 0.25) is 0 Å². The minimum absolute atomic E-state index is 0. The first-order valence-electron chi connectivity index (χ1n) is 0.943. The smallest absolute Gasteiger partial charge is 0.870 e. The molecule has 30 valence electrons. The molecule has 0 aliphatic rings. The first kappa shape index (κ1) is 10.1. The summed E-state index contributed by atoms with van der Waals surface area (Å²) in [6.45, 7) is 0. The van der Waals surface area contributed by atoms with Crippen LogP contribution in [0.5, 0.6) is 0 Å². The molecular weight excluding hydrogens is 155 g/mol. The van der Waals surface area contributed by atoms with Gasteiger partial charge in [0.05, 0.1) is 7.32 Å². The van der Waals surface area contributed by atoms with Gasteiger partial charge in [-0.2, -0.15) is 0 Å². The van der Waals surface area contributed by atoms with E-state index in [-0.39, 0.29) is 19.5 Å². The minimum atomic E-state index is -2.15. The third-order valence-corrected chi connectivity index (χ3v) is 0.333. The van der Waals surface area contributed by atoms with E-state index >= 15 is 0 Å². The van der Waals surface area contributed by atoms with Gasteiger partial charge in [0.15, 0.2) is 0 Å². The molecule has 0 radical (unpaired) electrons. The van der Waals surface area contributed by atoms with Crippen molar-refractivity contribution in [2.45, 2.75) is 0 Å². The first-order chi connectivity index (χ1) is 2.27. The van der Waals surface area contributed by atoms with Crippen molar-refractivity contribution in [1.82, 2.24) is 0 Å². The molecule has 0 heterocycles. The Balaban J connectivity index is 0. The van der Waals surface area contributed by atoms with Crippen LogP contribution in [0.3, 0.4) is 0 Å². The molecule has 0 fully saturated rings. The molecule has 0 rings (SSSR count). The quantitative estimate of drug-likeness (QED) is 0.312. The van der Waals surface area contributed by atoms with Gasteiger partial charge >= 0.3 is 19.5 Å². The Morgan fingerprint density at radius 3 is 1.67 bits per heavy atom. The van der Waals surface area contributed by atoms with Crippen LogP contribution in [-0.2, 0) is 23.9 Å². The predicted molar refractivity (Wildman–Crippen MR) is 16.5 cm³/mol. The van der Waals surface area contributed by atoms with E-state index < -0.39 is 7.32 Å². The predicted octanol–water partition coefficient (Wildman–Crippen LogP) is -2.50. The summed E-state index contributed by atoms with van der Waals surface area (Å²) in [6, 6.07) is 0. The number of hydrogen-bond acceptors (Lipinski definition) is 3. The van der Waals surface area contributed by atoms with E-state index in [2.05, 4.69) is 4.44 Å². The molecular formula is H2BO3PZn. The molecule has 1 unspecified atom stereocenters. The Morgan fingerprint density at radius 2 is 1.67 bits per heavy atom. The standard InChI is InChI=1S/BH2O3P.Zn/c2-1(3)4-5;/h5H2;/q-2;+2. The van der Waals surface area contributed by atoms with Crippen molar-refractivity contribution in [2.24, 2.45) is 0 Å². The molecule has 0 aromatic carbocycles. The molecule has 3 nitrogen and oxygen atoms in total. The molecule has 0 spiro atoms. The van der Waals surface area contributed by atoms with Gasteiger partial charge < -0.3 is 14.5 Å². The van der Waals surface area contributed by atoms with Crippen molar-refractivity contribution in [1.29, 1.82) is 0 Å². The van der Waals surface area contributed by atoms with E-state index in [4.69, 9.17) is 10.0 Å². The van der Waals surface area contributed by atoms with E-state index in [0.29, 0.717) is 0 Å². The van der Waals surface area contributed by atoms with Crippen molar-refractivity contribution in [3.63, 3.8) is 0 Å². The van der Waals surface area contributed by atoms with Crippen molar-refractivity contribution >= 4 is 16.8 Å². The zero-order valence-electron chi connectivity index (χ0n) is 3.09. The van der Waals surface area contributed by atoms with E-state index in [0.717, 1.165) is 0 Å².